The fourth-order valence-electron chi connectivity index (χ4n) is 6.22. The summed E-state index contributed by atoms with van der Waals surface area (Å²) in [6, 6.07) is 0. The van der Waals surface area contributed by atoms with Crippen LogP contribution in [0.1, 0.15) is 66.2 Å². The van der Waals surface area contributed by atoms with E-state index in [-0.39, 0.29) is 17.5 Å². The number of hydrogen-bond acceptors (Lipinski definition) is 3. The summed E-state index contributed by atoms with van der Waals surface area (Å²) in [5, 5.41) is 10.9. The third-order valence-electron chi connectivity index (χ3n) is 7.36. The summed E-state index contributed by atoms with van der Waals surface area (Å²) in [5.41, 5.74) is 4.59. The Balaban J connectivity index is 1.80. The first-order chi connectivity index (χ1) is 10.8. The first-order valence-electron chi connectivity index (χ1n) is 9.08. The van der Waals surface area contributed by atoms with Gasteiger partial charge in [0.2, 0.25) is 0 Å². The van der Waals surface area contributed by atoms with E-state index >= 15 is 0 Å². The normalized spacial score (nSPS) is 42.1. The lowest BCUT2D eigenvalue weighted by atomic mass is 9.48. The molecule has 0 saturated heterocycles. The molecule has 1 N–H and O–H groups in total. The smallest absolute Gasteiger partial charge is 0.334 e. The molecule has 1 saturated carbocycles. The van der Waals surface area contributed by atoms with Crippen molar-refractivity contribution in [3.63, 3.8) is 0 Å². The van der Waals surface area contributed by atoms with Crippen molar-refractivity contribution < 1.29 is 14.6 Å². The minimum atomic E-state index is -0.599. The van der Waals surface area contributed by atoms with Gasteiger partial charge in [-0.25, -0.2) is 4.79 Å². The van der Waals surface area contributed by atoms with E-state index in [1.54, 1.807) is 6.92 Å². The Hall–Kier alpha value is -1.09. The molecule has 4 atom stereocenters. The van der Waals surface area contributed by atoms with E-state index in [1.807, 2.05) is 0 Å². The molecular formula is C20H28O3. The molecule has 3 aliphatic carbocycles. The van der Waals surface area contributed by atoms with Crippen molar-refractivity contribution in [2.24, 2.45) is 16.7 Å². The minimum Gasteiger partial charge on any atom is -0.454 e. The van der Waals surface area contributed by atoms with E-state index in [0.717, 1.165) is 24.8 Å². The largest absolute Gasteiger partial charge is 0.454 e. The van der Waals surface area contributed by atoms with Crippen LogP contribution in [0.25, 0.3) is 0 Å². The lowest BCUT2D eigenvalue weighted by molar-refractivity contribution is -0.140. The molecule has 1 heterocycles. The van der Waals surface area contributed by atoms with Crippen LogP contribution in [-0.4, -0.2) is 23.3 Å². The Labute approximate surface area is 138 Å². The molecule has 0 aromatic heterocycles. The predicted molar refractivity (Wildman–Crippen MR) is 88.7 cm³/mol. The lowest BCUT2D eigenvalue weighted by Crippen LogP contribution is -2.48. The molecule has 3 heteroatoms. The van der Waals surface area contributed by atoms with Crippen LogP contribution in [0.4, 0.5) is 0 Å². The predicted octanol–water partition coefficient (Wildman–Crippen LogP) is 3.92. The maximum Gasteiger partial charge on any atom is 0.334 e. The minimum absolute atomic E-state index is 0.157. The number of esters is 1. The van der Waals surface area contributed by atoms with Gasteiger partial charge >= 0.3 is 5.97 Å². The standard InChI is InChI=1S/C20H28O3/c1-11-16-14(23-18(11)22)10-13-12(17(16)21)6-7-15-19(2,3)8-5-9-20(13,15)4/h14-15,17,21H,5-10H2,1-4H3/t14-,15-,17+,20+/m1/s1. The first-order valence-corrected chi connectivity index (χ1v) is 9.08. The summed E-state index contributed by atoms with van der Waals surface area (Å²) in [5.74, 6) is 0.424. The quantitative estimate of drug-likeness (QED) is 0.544. The Morgan fingerprint density at radius 3 is 2.70 bits per heavy atom. The van der Waals surface area contributed by atoms with Crippen molar-refractivity contribution in [2.75, 3.05) is 0 Å². The molecule has 0 bridgehead atoms. The van der Waals surface area contributed by atoms with Crippen LogP contribution in [0.15, 0.2) is 22.3 Å². The second-order valence-corrected chi connectivity index (χ2v) is 8.94. The number of rotatable bonds is 0. The number of aliphatic hydroxyl groups is 1. The molecule has 4 aliphatic rings. The third kappa shape index (κ3) is 1.95. The molecule has 0 spiro atoms. The van der Waals surface area contributed by atoms with Crippen molar-refractivity contribution in [1.29, 1.82) is 0 Å². The van der Waals surface area contributed by atoms with Crippen molar-refractivity contribution in [2.45, 2.75) is 78.4 Å². The van der Waals surface area contributed by atoms with Crippen LogP contribution in [0.2, 0.25) is 0 Å². The van der Waals surface area contributed by atoms with Gasteiger partial charge in [-0.05, 0) is 54.9 Å². The zero-order valence-corrected chi connectivity index (χ0v) is 14.7. The van der Waals surface area contributed by atoms with E-state index in [0.29, 0.717) is 16.9 Å². The number of carbonyl (C=O) groups excluding carboxylic acids is 1. The fraction of sp³-hybridized carbons (Fsp3) is 0.750. The van der Waals surface area contributed by atoms with Crippen molar-refractivity contribution >= 4 is 5.97 Å². The Bertz CT molecular complexity index is 639. The highest BCUT2D eigenvalue weighted by Gasteiger charge is 2.54. The summed E-state index contributed by atoms with van der Waals surface area (Å²) in [6.45, 7) is 9.01. The number of carbonyl (C=O) groups is 1. The van der Waals surface area contributed by atoms with E-state index < -0.39 is 6.10 Å². The van der Waals surface area contributed by atoms with Crippen LogP contribution in [0, 0.1) is 16.7 Å². The maximum absolute atomic E-state index is 11.9. The molecular weight excluding hydrogens is 288 g/mol. The van der Waals surface area contributed by atoms with E-state index in [2.05, 4.69) is 20.8 Å². The summed E-state index contributed by atoms with van der Waals surface area (Å²) in [6.07, 6.45) is 5.84. The van der Waals surface area contributed by atoms with Crippen LogP contribution in [-0.2, 0) is 9.53 Å². The number of ether oxygens (including phenoxy) is 1. The summed E-state index contributed by atoms with van der Waals surface area (Å²) >= 11 is 0. The molecule has 23 heavy (non-hydrogen) atoms. The van der Waals surface area contributed by atoms with Crippen molar-refractivity contribution in [1.82, 2.24) is 0 Å². The molecule has 0 radical (unpaired) electrons. The molecule has 126 valence electrons. The van der Waals surface area contributed by atoms with Crippen LogP contribution < -0.4 is 0 Å². The van der Waals surface area contributed by atoms with Gasteiger partial charge < -0.3 is 9.84 Å². The molecule has 4 rings (SSSR count). The second-order valence-electron chi connectivity index (χ2n) is 8.94. The average Bonchev–Trinajstić information content (AvgIpc) is 2.74. The van der Waals surface area contributed by atoms with E-state index in [4.69, 9.17) is 4.74 Å². The molecule has 0 amide bonds. The highest BCUT2D eigenvalue weighted by atomic mass is 16.5. The number of aliphatic hydroxyl groups excluding tert-OH is 1. The maximum atomic E-state index is 11.9. The summed E-state index contributed by atoms with van der Waals surface area (Å²) < 4.78 is 5.57. The Kier molecular flexibility index (Phi) is 3.17. The van der Waals surface area contributed by atoms with Crippen molar-refractivity contribution in [3.05, 3.63) is 22.3 Å². The monoisotopic (exact) mass is 316 g/mol. The van der Waals surface area contributed by atoms with Gasteiger partial charge in [-0.15, -0.1) is 0 Å². The Morgan fingerprint density at radius 2 is 1.96 bits per heavy atom. The first kappa shape index (κ1) is 15.4. The molecule has 0 aromatic rings. The highest BCUT2D eigenvalue weighted by molar-refractivity contribution is 5.92. The molecule has 1 fully saturated rings. The van der Waals surface area contributed by atoms with Crippen molar-refractivity contribution in [3.8, 4) is 0 Å². The van der Waals surface area contributed by atoms with Crippen LogP contribution >= 0.6 is 0 Å². The average molecular weight is 316 g/mol. The van der Waals surface area contributed by atoms with Gasteiger partial charge in [-0.1, -0.05) is 32.8 Å². The van der Waals surface area contributed by atoms with Gasteiger partial charge in [0.25, 0.3) is 0 Å². The topological polar surface area (TPSA) is 46.5 Å². The van der Waals surface area contributed by atoms with Gasteiger partial charge in [-0.3, -0.25) is 0 Å². The van der Waals surface area contributed by atoms with Gasteiger partial charge in [0.05, 0.1) is 0 Å². The van der Waals surface area contributed by atoms with E-state index in [1.165, 1.54) is 30.4 Å². The molecule has 0 aromatic carbocycles. The Morgan fingerprint density at radius 1 is 1.22 bits per heavy atom. The SMILES string of the molecule is CC1=C2[C@@H](O)C3=C(C[C@H]2OC1=O)[C@]1(C)CCCC(C)(C)[C@H]1CC3. The van der Waals surface area contributed by atoms with Crippen LogP contribution in [0.5, 0.6) is 0 Å². The zero-order chi connectivity index (χ0) is 16.6. The zero-order valence-electron chi connectivity index (χ0n) is 14.7. The van der Waals surface area contributed by atoms with Crippen LogP contribution in [0.3, 0.4) is 0 Å². The molecule has 0 unspecified atom stereocenters. The fourth-order valence-corrected chi connectivity index (χ4v) is 6.22. The van der Waals surface area contributed by atoms with Gasteiger partial charge in [0, 0.05) is 17.6 Å². The molecule has 1 aliphatic heterocycles. The van der Waals surface area contributed by atoms with Gasteiger partial charge in [-0.2, -0.15) is 0 Å². The number of fused-ring (bicyclic) bond motifs is 3. The second kappa shape index (κ2) is 4.72. The summed E-state index contributed by atoms with van der Waals surface area (Å²) in [4.78, 5) is 11.9. The summed E-state index contributed by atoms with van der Waals surface area (Å²) in [7, 11) is 0. The third-order valence-corrected chi connectivity index (χ3v) is 7.36. The molecule has 3 nitrogen and oxygen atoms in total. The lowest BCUT2D eigenvalue weighted by Gasteiger charge is -2.57. The number of hydrogen-bond donors (Lipinski definition) is 1. The van der Waals surface area contributed by atoms with Gasteiger partial charge in [0.1, 0.15) is 12.2 Å². The van der Waals surface area contributed by atoms with E-state index in [9.17, 15) is 9.90 Å². The highest BCUT2D eigenvalue weighted by Crippen LogP contribution is 2.62. The van der Waals surface area contributed by atoms with Gasteiger partial charge in [0.15, 0.2) is 0 Å².